The molecule has 1 aromatic carbocycles. The zero-order chi connectivity index (χ0) is 14.1. The molecule has 0 atom stereocenters. The van der Waals surface area contributed by atoms with Crippen LogP contribution in [0.1, 0.15) is 26.7 Å². The highest BCUT2D eigenvalue weighted by molar-refractivity contribution is 5.90. The zero-order valence-corrected chi connectivity index (χ0v) is 11.6. The molecule has 1 aromatic rings. The molecule has 0 saturated carbocycles. The van der Waals surface area contributed by atoms with E-state index < -0.39 is 0 Å². The molecule has 0 aliphatic rings. The number of hydrogen-bond donors (Lipinski definition) is 1. The molecule has 0 radical (unpaired) electrons. The summed E-state index contributed by atoms with van der Waals surface area (Å²) in [5.41, 5.74) is 1.79. The summed E-state index contributed by atoms with van der Waals surface area (Å²) in [5.74, 6) is 6.69. The second kappa shape index (κ2) is 7.99. The Bertz CT molecular complexity index is 504. The number of amides is 1. The fraction of sp³-hybridized carbons (Fsp3) is 0.312. The number of methoxy groups -OCH3 is 1. The monoisotopic (exact) mass is 257 g/mol. The Morgan fingerprint density at radius 2 is 2.05 bits per heavy atom. The highest BCUT2D eigenvalue weighted by Gasteiger charge is 2.01. The highest BCUT2D eigenvalue weighted by atomic mass is 16.5. The number of benzene rings is 1. The van der Waals surface area contributed by atoms with E-state index in [9.17, 15) is 4.79 Å². The molecular formula is C16H19NO2. The van der Waals surface area contributed by atoms with E-state index in [0.29, 0.717) is 12.8 Å². The second-order valence-electron chi connectivity index (χ2n) is 4.05. The molecular weight excluding hydrogens is 238 g/mol. The third-order valence-corrected chi connectivity index (χ3v) is 2.57. The minimum atomic E-state index is -0.0300. The van der Waals surface area contributed by atoms with Gasteiger partial charge in [-0.15, -0.1) is 0 Å². The van der Waals surface area contributed by atoms with E-state index in [0.717, 1.165) is 17.0 Å². The lowest BCUT2D eigenvalue weighted by Gasteiger charge is -2.04. The van der Waals surface area contributed by atoms with Gasteiger partial charge in [-0.05, 0) is 43.7 Å². The van der Waals surface area contributed by atoms with Gasteiger partial charge < -0.3 is 10.1 Å². The van der Waals surface area contributed by atoms with Gasteiger partial charge in [-0.25, -0.2) is 0 Å². The van der Waals surface area contributed by atoms with Crippen LogP contribution in [-0.2, 0) is 4.79 Å². The first kappa shape index (κ1) is 14.8. The van der Waals surface area contributed by atoms with Crippen LogP contribution >= 0.6 is 0 Å². The molecule has 3 heteroatoms. The van der Waals surface area contributed by atoms with Gasteiger partial charge in [0, 0.05) is 18.5 Å². The van der Waals surface area contributed by atoms with Gasteiger partial charge in [0.25, 0.3) is 0 Å². The Balaban J connectivity index is 2.40. The van der Waals surface area contributed by atoms with Gasteiger partial charge in [0.2, 0.25) is 5.91 Å². The van der Waals surface area contributed by atoms with Crippen molar-refractivity contribution < 1.29 is 9.53 Å². The molecule has 0 aromatic heterocycles. The van der Waals surface area contributed by atoms with E-state index in [2.05, 4.69) is 17.2 Å². The SMILES string of the molecule is C/C=C(\C)C#CCCC(=O)Nc1ccc(OC)cc1. The molecule has 1 N–H and O–H groups in total. The third kappa shape index (κ3) is 5.78. The lowest BCUT2D eigenvalue weighted by atomic mass is 10.2. The number of carbonyl (C=O) groups excluding carboxylic acids is 1. The maximum Gasteiger partial charge on any atom is 0.225 e. The minimum Gasteiger partial charge on any atom is -0.497 e. The lowest BCUT2D eigenvalue weighted by Crippen LogP contribution is -2.10. The smallest absolute Gasteiger partial charge is 0.225 e. The van der Waals surface area contributed by atoms with Crippen LogP contribution in [-0.4, -0.2) is 13.0 Å². The fourth-order valence-corrected chi connectivity index (χ4v) is 1.35. The van der Waals surface area contributed by atoms with Crippen molar-refractivity contribution in [2.75, 3.05) is 12.4 Å². The van der Waals surface area contributed by atoms with Crippen LogP contribution in [0.25, 0.3) is 0 Å². The Labute approximate surface area is 114 Å². The molecule has 0 bridgehead atoms. The number of nitrogens with one attached hydrogen (secondary N) is 1. The molecule has 0 saturated heterocycles. The van der Waals surface area contributed by atoms with Crippen LogP contribution in [0.5, 0.6) is 5.75 Å². The Hall–Kier alpha value is -2.21. The summed E-state index contributed by atoms with van der Waals surface area (Å²) >= 11 is 0. The molecule has 0 aliphatic heterocycles. The minimum absolute atomic E-state index is 0.0300. The predicted molar refractivity (Wildman–Crippen MR) is 78.1 cm³/mol. The quantitative estimate of drug-likeness (QED) is 0.840. The maximum atomic E-state index is 11.7. The Morgan fingerprint density at radius 3 is 2.63 bits per heavy atom. The van der Waals surface area contributed by atoms with Crippen molar-refractivity contribution in [3.63, 3.8) is 0 Å². The van der Waals surface area contributed by atoms with E-state index in [4.69, 9.17) is 4.74 Å². The summed E-state index contributed by atoms with van der Waals surface area (Å²) in [6, 6.07) is 7.24. The van der Waals surface area contributed by atoms with Crippen molar-refractivity contribution in [2.45, 2.75) is 26.7 Å². The van der Waals surface area contributed by atoms with Gasteiger partial charge in [-0.3, -0.25) is 4.79 Å². The number of hydrogen-bond acceptors (Lipinski definition) is 2. The Kier molecular flexibility index (Phi) is 6.25. The van der Waals surface area contributed by atoms with Gasteiger partial charge in [-0.1, -0.05) is 17.9 Å². The highest BCUT2D eigenvalue weighted by Crippen LogP contribution is 2.15. The summed E-state index contributed by atoms with van der Waals surface area (Å²) in [5, 5.41) is 2.82. The second-order valence-corrected chi connectivity index (χ2v) is 4.05. The van der Waals surface area contributed by atoms with Crippen molar-refractivity contribution in [2.24, 2.45) is 0 Å². The van der Waals surface area contributed by atoms with Gasteiger partial charge in [0.15, 0.2) is 0 Å². The van der Waals surface area contributed by atoms with Gasteiger partial charge in [-0.2, -0.15) is 0 Å². The summed E-state index contributed by atoms with van der Waals surface area (Å²) in [6.07, 6.45) is 2.91. The molecule has 100 valence electrons. The van der Waals surface area contributed by atoms with Crippen molar-refractivity contribution >= 4 is 11.6 Å². The topological polar surface area (TPSA) is 38.3 Å². The van der Waals surface area contributed by atoms with Crippen LogP contribution in [0, 0.1) is 11.8 Å². The number of ether oxygens (including phenoxy) is 1. The van der Waals surface area contributed by atoms with Crippen molar-refractivity contribution in [3.8, 4) is 17.6 Å². The fourth-order valence-electron chi connectivity index (χ4n) is 1.35. The number of anilines is 1. The predicted octanol–water partition coefficient (Wildman–Crippen LogP) is 3.38. The summed E-state index contributed by atoms with van der Waals surface area (Å²) < 4.78 is 5.05. The normalized spacial score (nSPS) is 10.4. The van der Waals surface area contributed by atoms with Gasteiger partial charge >= 0.3 is 0 Å². The average molecular weight is 257 g/mol. The van der Waals surface area contributed by atoms with Gasteiger partial charge in [0.1, 0.15) is 5.75 Å². The first-order chi connectivity index (χ1) is 9.15. The lowest BCUT2D eigenvalue weighted by molar-refractivity contribution is -0.116. The molecule has 0 spiro atoms. The molecule has 1 rings (SSSR count). The van der Waals surface area contributed by atoms with Crippen LogP contribution in [0.2, 0.25) is 0 Å². The standard InChI is InChI=1S/C16H19NO2/c1-4-13(2)7-5-6-8-16(18)17-14-9-11-15(19-3)12-10-14/h4,9-12H,6,8H2,1-3H3,(H,17,18)/b13-4+. The number of rotatable bonds is 4. The van der Waals surface area contributed by atoms with E-state index in [-0.39, 0.29) is 5.91 Å². The zero-order valence-electron chi connectivity index (χ0n) is 11.6. The van der Waals surface area contributed by atoms with Crippen molar-refractivity contribution in [1.29, 1.82) is 0 Å². The molecule has 1 amide bonds. The summed E-state index contributed by atoms with van der Waals surface area (Å²) in [7, 11) is 1.61. The van der Waals surface area contributed by atoms with Crippen LogP contribution in [0.3, 0.4) is 0 Å². The van der Waals surface area contributed by atoms with Crippen molar-refractivity contribution in [1.82, 2.24) is 0 Å². The third-order valence-electron chi connectivity index (χ3n) is 2.57. The van der Waals surface area contributed by atoms with E-state index in [1.165, 1.54) is 0 Å². The first-order valence-corrected chi connectivity index (χ1v) is 6.21. The molecule has 0 unspecified atom stereocenters. The van der Waals surface area contributed by atoms with Crippen LogP contribution < -0.4 is 10.1 Å². The molecule has 0 heterocycles. The summed E-state index contributed by atoms with van der Waals surface area (Å²) in [6.45, 7) is 3.89. The first-order valence-electron chi connectivity index (χ1n) is 6.21. The van der Waals surface area contributed by atoms with E-state index in [1.54, 1.807) is 7.11 Å². The summed E-state index contributed by atoms with van der Waals surface area (Å²) in [4.78, 5) is 11.7. The molecule has 19 heavy (non-hydrogen) atoms. The number of carbonyl (C=O) groups is 1. The van der Waals surface area contributed by atoms with E-state index >= 15 is 0 Å². The molecule has 0 aliphatic carbocycles. The number of allylic oxidation sites excluding steroid dienone is 2. The molecule has 0 fully saturated rings. The average Bonchev–Trinajstić information content (AvgIpc) is 2.44. The van der Waals surface area contributed by atoms with Crippen LogP contribution in [0.15, 0.2) is 35.9 Å². The largest absolute Gasteiger partial charge is 0.497 e. The maximum absolute atomic E-state index is 11.7. The van der Waals surface area contributed by atoms with E-state index in [1.807, 2.05) is 44.2 Å². The Morgan fingerprint density at radius 1 is 1.37 bits per heavy atom. The van der Waals surface area contributed by atoms with Crippen molar-refractivity contribution in [3.05, 3.63) is 35.9 Å². The molecule has 3 nitrogen and oxygen atoms in total. The van der Waals surface area contributed by atoms with Crippen LogP contribution in [0.4, 0.5) is 5.69 Å². The van der Waals surface area contributed by atoms with Gasteiger partial charge in [0.05, 0.1) is 7.11 Å².